The molecule has 7 aromatic rings. The van der Waals surface area contributed by atoms with Gasteiger partial charge in [0.05, 0.1) is 0 Å². The van der Waals surface area contributed by atoms with Gasteiger partial charge in [-0.05, 0) is 57.4 Å². The number of aryl methyl sites for hydroxylation is 2. The van der Waals surface area contributed by atoms with E-state index in [-0.39, 0.29) is 20.1 Å². The summed E-state index contributed by atoms with van der Waals surface area (Å²) in [6.45, 7) is 4.26. The molecule has 35 heavy (non-hydrogen) atoms. The average Bonchev–Trinajstić information content (AvgIpc) is 2.89. The van der Waals surface area contributed by atoms with Crippen molar-refractivity contribution < 1.29 is 20.1 Å². The predicted molar refractivity (Wildman–Crippen MR) is 142 cm³/mol. The first kappa shape index (κ1) is 23.1. The maximum atomic E-state index is 4.67. The van der Waals surface area contributed by atoms with Gasteiger partial charge in [0.25, 0.3) is 0 Å². The molecule has 3 heteroatoms. The molecule has 0 aliphatic carbocycles. The number of hydrogen-bond acceptors (Lipinski definition) is 2. The largest absolute Gasteiger partial charge is 0.305 e. The molecular weight excluding hydrogens is 605 g/mol. The number of rotatable bonds is 1. The molecule has 0 amide bonds. The van der Waals surface area contributed by atoms with Crippen molar-refractivity contribution in [3.63, 3.8) is 0 Å². The Bertz CT molecular complexity index is 1630. The normalized spacial score (nSPS) is 10.9. The minimum atomic E-state index is 0. The fourth-order valence-electron chi connectivity index (χ4n) is 4.84. The van der Waals surface area contributed by atoms with Crippen molar-refractivity contribution in [1.82, 2.24) is 9.97 Å². The number of benzene rings is 5. The summed E-state index contributed by atoms with van der Waals surface area (Å²) in [7, 11) is 0. The van der Waals surface area contributed by atoms with E-state index in [9.17, 15) is 0 Å². The summed E-state index contributed by atoms with van der Waals surface area (Å²) in [5, 5.41) is 8.88. The van der Waals surface area contributed by atoms with E-state index in [2.05, 4.69) is 72.3 Å². The van der Waals surface area contributed by atoms with E-state index in [0.717, 1.165) is 27.7 Å². The minimum absolute atomic E-state index is 0. The molecule has 0 aliphatic heterocycles. The quantitative estimate of drug-likeness (QED) is 0.105. The summed E-state index contributed by atoms with van der Waals surface area (Å²) in [5.74, 6) is 0. The molecule has 2 aromatic heterocycles. The number of fused-ring (bicyclic) bond motifs is 3. The van der Waals surface area contributed by atoms with Gasteiger partial charge in [-0.2, -0.15) is 0 Å². The van der Waals surface area contributed by atoms with Gasteiger partial charge in [-0.1, -0.05) is 54.8 Å². The zero-order chi connectivity index (χ0) is 23.1. The van der Waals surface area contributed by atoms with E-state index in [1.807, 2.05) is 54.7 Å². The molecule has 171 valence electrons. The first-order valence-electron chi connectivity index (χ1n) is 11.4. The van der Waals surface area contributed by atoms with E-state index >= 15 is 0 Å². The summed E-state index contributed by atoms with van der Waals surface area (Å²) in [6, 6.07) is 35.8. The Morgan fingerprint density at radius 2 is 1.49 bits per heavy atom. The van der Waals surface area contributed by atoms with E-state index in [1.165, 1.54) is 37.9 Å². The van der Waals surface area contributed by atoms with Crippen molar-refractivity contribution >= 4 is 43.2 Å². The third-order valence-electron chi connectivity index (χ3n) is 6.22. The number of nitrogens with zero attached hydrogens (tertiary/aromatic N) is 2. The smallest absolute Gasteiger partial charge is 0.0161 e. The first-order chi connectivity index (χ1) is 16.7. The van der Waals surface area contributed by atoms with Gasteiger partial charge in [-0.15, -0.1) is 64.4 Å². The van der Waals surface area contributed by atoms with Crippen LogP contribution in [0.25, 0.3) is 54.5 Å². The zero-order valence-electron chi connectivity index (χ0n) is 19.5. The van der Waals surface area contributed by atoms with Gasteiger partial charge in [0.15, 0.2) is 0 Å². The molecule has 0 fully saturated rings. The molecule has 5 aromatic carbocycles. The maximum Gasteiger partial charge on any atom is 0.0161 e. The molecule has 2 nitrogen and oxygen atoms in total. The molecule has 0 spiro atoms. The first-order valence-corrected chi connectivity index (χ1v) is 11.4. The molecule has 2 heterocycles. The van der Waals surface area contributed by atoms with Crippen LogP contribution in [0.2, 0.25) is 0 Å². The van der Waals surface area contributed by atoms with Crippen molar-refractivity contribution in [3.8, 4) is 11.3 Å². The summed E-state index contributed by atoms with van der Waals surface area (Å²) < 4.78 is 0. The molecule has 0 saturated carbocycles. The Kier molecular flexibility index (Phi) is 6.30. The Labute approximate surface area is 218 Å². The van der Waals surface area contributed by atoms with Crippen LogP contribution in [-0.2, 0) is 20.1 Å². The van der Waals surface area contributed by atoms with E-state index < -0.39 is 0 Å². The van der Waals surface area contributed by atoms with Crippen LogP contribution in [0.4, 0.5) is 0 Å². The van der Waals surface area contributed by atoms with Crippen molar-refractivity contribution in [3.05, 3.63) is 121 Å². The average molecular weight is 627 g/mol. The summed E-state index contributed by atoms with van der Waals surface area (Å²) >= 11 is 0. The maximum absolute atomic E-state index is 4.67. The van der Waals surface area contributed by atoms with Gasteiger partial charge in [0.2, 0.25) is 0 Å². The molecule has 0 atom stereocenters. The van der Waals surface area contributed by atoms with Gasteiger partial charge in [0.1, 0.15) is 0 Å². The molecule has 1 radical (unpaired) electrons. The van der Waals surface area contributed by atoms with Crippen molar-refractivity contribution in [2.45, 2.75) is 13.8 Å². The minimum Gasteiger partial charge on any atom is -0.305 e. The molecule has 7 rings (SSSR count). The third-order valence-corrected chi connectivity index (χ3v) is 6.22. The fraction of sp³-hybridized carbons (Fsp3) is 0.0625. The Morgan fingerprint density at radius 3 is 2.26 bits per heavy atom. The Morgan fingerprint density at radius 1 is 0.686 bits per heavy atom. The molecule has 0 saturated heterocycles. The molecule has 0 unspecified atom stereocenters. The monoisotopic (exact) mass is 627 g/mol. The second kappa shape index (κ2) is 9.54. The topological polar surface area (TPSA) is 25.8 Å². The summed E-state index contributed by atoms with van der Waals surface area (Å²) in [6.07, 6.45) is 3.66. The second-order valence-electron chi connectivity index (χ2n) is 8.66. The summed E-state index contributed by atoms with van der Waals surface area (Å²) in [5.41, 5.74) is 5.52. The third kappa shape index (κ3) is 4.18. The number of hydrogen-bond donors (Lipinski definition) is 0. The zero-order valence-corrected chi connectivity index (χ0v) is 21.9. The van der Waals surface area contributed by atoms with Gasteiger partial charge in [-0.25, -0.2) is 0 Å². The van der Waals surface area contributed by atoms with Crippen LogP contribution in [0.3, 0.4) is 0 Å². The molecular formula is C32H22IrN2-2. The molecule has 0 bridgehead atoms. The number of pyridine rings is 2. The Balaban J connectivity index is 0.000000167. The van der Waals surface area contributed by atoms with Crippen LogP contribution in [0.1, 0.15) is 11.1 Å². The van der Waals surface area contributed by atoms with Crippen LogP contribution in [-0.4, -0.2) is 9.97 Å². The fourth-order valence-corrected chi connectivity index (χ4v) is 4.84. The van der Waals surface area contributed by atoms with Gasteiger partial charge in [-0.3, -0.25) is 0 Å². The molecule has 0 aliphatic rings. The van der Waals surface area contributed by atoms with Crippen molar-refractivity contribution in [2.75, 3.05) is 0 Å². The SMILES string of the molecule is Cc1[c-]c2c3ncccc3c3cc(C)cc4ccc(c1)c2c43.[Ir].[c-]1ccccc1-c1ccccn1. The van der Waals surface area contributed by atoms with Crippen LogP contribution in [0, 0.1) is 26.0 Å². The Hall–Kier alpha value is -3.65. The number of aromatic nitrogens is 2. The van der Waals surface area contributed by atoms with Crippen molar-refractivity contribution in [1.29, 1.82) is 0 Å². The van der Waals surface area contributed by atoms with Crippen LogP contribution < -0.4 is 0 Å². The van der Waals surface area contributed by atoms with Gasteiger partial charge in [0, 0.05) is 32.5 Å². The van der Waals surface area contributed by atoms with Gasteiger partial charge >= 0.3 is 0 Å². The van der Waals surface area contributed by atoms with E-state index in [4.69, 9.17) is 0 Å². The van der Waals surface area contributed by atoms with Crippen LogP contribution >= 0.6 is 0 Å². The summed E-state index contributed by atoms with van der Waals surface area (Å²) in [4.78, 5) is 8.89. The van der Waals surface area contributed by atoms with Crippen LogP contribution in [0.5, 0.6) is 0 Å². The van der Waals surface area contributed by atoms with Crippen molar-refractivity contribution in [2.24, 2.45) is 0 Å². The van der Waals surface area contributed by atoms with Crippen LogP contribution in [0.15, 0.2) is 97.3 Å². The predicted octanol–water partition coefficient (Wildman–Crippen LogP) is 8.10. The van der Waals surface area contributed by atoms with E-state index in [0.29, 0.717) is 0 Å². The van der Waals surface area contributed by atoms with Gasteiger partial charge < -0.3 is 9.97 Å². The second-order valence-corrected chi connectivity index (χ2v) is 8.66. The van der Waals surface area contributed by atoms with E-state index in [1.54, 1.807) is 6.20 Å². The molecule has 0 N–H and O–H groups in total. The standard InChI is InChI=1S/C21H14N.C11H8N.Ir/c1-12-8-14-5-6-15-9-13(2)11-18-20(15)19(14)17(10-12)16-4-3-7-22-21(16)18;1-2-6-10(7-3-1)11-8-4-5-9-12-11;/h3-10H,1-2H3;1-6,8-9H;/q2*-1;.